The molecule has 0 heterocycles. The van der Waals surface area contributed by atoms with Crippen molar-refractivity contribution in [2.75, 3.05) is 0 Å². The summed E-state index contributed by atoms with van der Waals surface area (Å²) >= 11 is 0. The van der Waals surface area contributed by atoms with Crippen LogP contribution < -0.4 is 10.4 Å². The average Bonchev–Trinajstić information content (AvgIpc) is 2.59. The number of benzene rings is 2. The third-order valence-electron chi connectivity index (χ3n) is 6.74. The fourth-order valence-corrected chi connectivity index (χ4v) is 48.4. The molecule has 142 valence electrons. The van der Waals surface area contributed by atoms with Crippen LogP contribution in [0.1, 0.15) is 0 Å². The second-order valence-electron chi connectivity index (χ2n) is 10.5. The van der Waals surface area contributed by atoms with Gasteiger partial charge in [-0.25, -0.2) is 0 Å². The number of hydrogen-bond donors (Lipinski definition) is 0. The first-order valence-corrected chi connectivity index (χ1v) is 24.4. The minimum Gasteiger partial charge on any atom is -0.0714 e. The van der Waals surface area contributed by atoms with E-state index in [0.717, 1.165) is 0 Å². The summed E-state index contributed by atoms with van der Waals surface area (Å²) in [6.45, 7) is 21.1. The highest BCUT2D eigenvalue weighted by molar-refractivity contribution is 7.75. The summed E-state index contributed by atoms with van der Waals surface area (Å²) in [5.41, 5.74) is 0. The molecule has 0 amide bonds. The van der Waals surface area contributed by atoms with E-state index in [1.807, 2.05) is 0 Å². The summed E-state index contributed by atoms with van der Waals surface area (Å²) in [7, 11) is -5.67. The molecular formula is C22H38Si4. The molecule has 0 radical (unpaired) electrons. The molecule has 2 rings (SSSR count). The van der Waals surface area contributed by atoms with Gasteiger partial charge < -0.3 is 0 Å². The Kier molecular flexibility index (Phi) is 6.43. The molecule has 0 spiro atoms. The predicted octanol–water partition coefficient (Wildman–Crippen LogP) is 5.79. The van der Waals surface area contributed by atoms with Crippen LogP contribution >= 0.6 is 0 Å². The molecule has 0 N–H and O–H groups in total. The van der Waals surface area contributed by atoms with Gasteiger partial charge in [-0.05, 0) is 0 Å². The summed E-state index contributed by atoms with van der Waals surface area (Å²) in [6.07, 6.45) is 0. The van der Waals surface area contributed by atoms with Crippen LogP contribution in [0.15, 0.2) is 60.7 Å². The molecule has 0 fully saturated rings. The molecule has 2 aromatic rings. The standard InChI is InChI=1S/C22H38Si4/c1-23(2,3)19-20-25(7,21-15-11-9-12-16-21)26(8,24(4,5)6)22-17-13-10-14-18-22/h9-18H,19-20H2,1-8H3. The Morgan fingerprint density at radius 1 is 0.538 bits per heavy atom. The van der Waals surface area contributed by atoms with E-state index in [-0.39, 0.29) is 0 Å². The monoisotopic (exact) mass is 414 g/mol. The van der Waals surface area contributed by atoms with Crippen LogP contribution in [0.3, 0.4) is 0 Å². The Hall–Kier alpha value is -0.692. The predicted molar refractivity (Wildman–Crippen MR) is 132 cm³/mol. The lowest BCUT2D eigenvalue weighted by Crippen LogP contribution is -2.82. The third-order valence-corrected chi connectivity index (χ3v) is 49.2. The molecule has 0 aliphatic carbocycles. The SMILES string of the molecule is C[Si](C)(C)CC[Si](C)(c1ccccc1)[Si](C)(c1ccccc1)[Si](C)(C)C. The van der Waals surface area contributed by atoms with Gasteiger partial charge in [0.1, 0.15) is 0 Å². The molecule has 0 aliphatic heterocycles. The van der Waals surface area contributed by atoms with Gasteiger partial charge in [-0.15, -0.1) is 0 Å². The van der Waals surface area contributed by atoms with Crippen LogP contribution in [0.5, 0.6) is 0 Å². The van der Waals surface area contributed by atoms with Crippen LogP contribution in [0, 0.1) is 0 Å². The highest BCUT2D eigenvalue weighted by Gasteiger charge is 2.57. The van der Waals surface area contributed by atoms with Crippen molar-refractivity contribution >= 4 is 40.7 Å². The zero-order valence-corrected chi connectivity index (χ0v) is 22.2. The second-order valence-corrected chi connectivity index (χ2v) is 42.5. The Morgan fingerprint density at radius 3 is 1.35 bits per heavy atom. The van der Waals surface area contributed by atoms with Crippen LogP contribution in [0.25, 0.3) is 0 Å². The van der Waals surface area contributed by atoms with Crippen LogP contribution in [0.2, 0.25) is 64.5 Å². The fraction of sp³-hybridized carbons (Fsp3) is 0.455. The van der Waals surface area contributed by atoms with E-state index in [9.17, 15) is 0 Å². The molecule has 0 bridgehead atoms. The van der Waals surface area contributed by atoms with Crippen LogP contribution in [-0.2, 0) is 0 Å². The molecule has 26 heavy (non-hydrogen) atoms. The van der Waals surface area contributed by atoms with Gasteiger partial charge in [0.05, 0.1) is 14.7 Å². The average molecular weight is 415 g/mol. The second kappa shape index (κ2) is 7.74. The van der Waals surface area contributed by atoms with Gasteiger partial charge in [0.25, 0.3) is 0 Å². The van der Waals surface area contributed by atoms with Crippen molar-refractivity contribution in [3.8, 4) is 0 Å². The van der Waals surface area contributed by atoms with Gasteiger partial charge in [0.15, 0.2) is 0 Å². The summed E-state index contributed by atoms with van der Waals surface area (Å²) in [5, 5.41) is 3.42. The maximum absolute atomic E-state index is 2.76. The van der Waals surface area contributed by atoms with Gasteiger partial charge in [0.2, 0.25) is 0 Å². The first-order chi connectivity index (χ1) is 11.9. The van der Waals surface area contributed by atoms with E-state index in [0.29, 0.717) is 0 Å². The van der Waals surface area contributed by atoms with Crippen molar-refractivity contribution in [3.05, 3.63) is 60.7 Å². The van der Waals surface area contributed by atoms with Crippen LogP contribution in [-0.4, -0.2) is 30.4 Å². The highest BCUT2D eigenvalue weighted by atomic mass is 29.6. The van der Waals surface area contributed by atoms with Gasteiger partial charge in [-0.3, -0.25) is 0 Å². The molecule has 0 aliphatic rings. The quantitative estimate of drug-likeness (QED) is 0.503. The molecule has 2 unspecified atom stereocenters. The van der Waals surface area contributed by atoms with E-state index < -0.39 is 30.4 Å². The van der Waals surface area contributed by atoms with Gasteiger partial charge in [0, 0.05) is 15.7 Å². The zero-order valence-electron chi connectivity index (χ0n) is 18.2. The van der Waals surface area contributed by atoms with Crippen molar-refractivity contribution in [1.82, 2.24) is 0 Å². The Bertz CT molecular complexity index is 700. The first kappa shape index (κ1) is 21.6. The zero-order chi connectivity index (χ0) is 19.6. The lowest BCUT2D eigenvalue weighted by Gasteiger charge is -2.52. The largest absolute Gasteiger partial charge is 0.0795 e. The Labute approximate surface area is 165 Å². The lowest BCUT2D eigenvalue weighted by molar-refractivity contribution is 1.30. The maximum atomic E-state index is 2.76. The highest BCUT2D eigenvalue weighted by Crippen LogP contribution is 2.34. The molecular weight excluding hydrogens is 377 g/mol. The van der Waals surface area contributed by atoms with E-state index in [4.69, 9.17) is 0 Å². The lowest BCUT2D eigenvalue weighted by atomic mass is 10.4. The van der Waals surface area contributed by atoms with Crippen molar-refractivity contribution in [2.24, 2.45) is 0 Å². The third kappa shape index (κ3) is 4.24. The number of rotatable bonds is 7. The molecule has 0 aromatic heterocycles. The van der Waals surface area contributed by atoms with Crippen molar-refractivity contribution < 1.29 is 0 Å². The van der Waals surface area contributed by atoms with Crippen molar-refractivity contribution in [1.29, 1.82) is 0 Å². The topological polar surface area (TPSA) is 0 Å². The maximum Gasteiger partial charge on any atom is 0.0795 e. The van der Waals surface area contributed by atoms with E-state index in [1.54, 1.807) is 10.4 Å². The summed E-state index contributed by atoms with van der Waals surface area (Å²) in [4.78, 5) is 0. The normalized spacial score (nSPS) is 17.4. The first-order valence-electron chi connectivity index (χ1n) is 10.0. The molecule has 0 nitrogen and oxygen atoms in total. The van der Waals surface area contributed by atoms with Gasteiger partial charge in [-0.2, -0.15) is 0 Å². The Balaban J connectivity index is 2.71. The summed E-state index contributed by atoms with van der Waals surface area (Å²) < 4.78 is 0. The minimum absolute atomic E-state index is 1.07. The Morgan fingerprint density at radius 2 is 0.962 bits per heavy atom. The molecule has 2 atom stereocenters. The molecule has 4 heteroatoms. The summed E-state index contributed by atoms with van der Waals surface area (Å²) in [6, 6.07) is 26.3. The number of hydrogen-bond acceptors (Lipinski definition) is 0. The van der Waals surface area contributed by atoms with Crippen molar-refractivity contribution in [2.45, 2.75) is 64.5 Å². The van der Waals surface area contributed by atoms with E-state index >= 15 is 0 Å². The van der Waals surface area contributed by atoms with Gasteiger partial charge >= 0.3 is 0 Å². The fourth-order valence-electron chi connectivity index (χ4n) is 4.46. The van der Waals surface area contributed by atoms with Crippen LogP contribution in [0.4, 0.5) is 0 Å². The van der Waals surface area contributed by atoms with Crippen molar-refractivity contribution in [3.63, 3.8) is 0 Å². The smallest absolute Gasteiger partial charge is 0.0714 e. The molecule has 2 aromatic carbocycles. The van der Waals surface area contributed by atoms with Gasteiger partial charge in [-0.1, -0.05) is 136 Å². The molecule has 0 saturated carbocycles. The molecule has 0 saturated heterocycles. The minimum atomic E-state index is -1.63. The summed E-state index contributed by atoms with van der Waals surface area (Å²) in [5.74, 6) is 0. The van der Waals surface area contributed by atoms with E-state index in [2.05, 4.69) is 113 Å². The van der Waals surface area contributed by atoms with E-state index in [1.165, 1.54) is 12.1 Å².